The molecule has 5 nitrogen and oxygen atoms in total. The normalized spacial score (nSPS) is 15.9. The number of nitrogens with one attached hydrogen (secondary N) is 1. The molecule has 1 aliphatic heterocycles. The van der Waals surface area contributed by atoms with Gasteiger partial charge in [-0.3, -0.25) is 0 Å². The molecule has 34 heavy (non-hydrogen) atoms. The number of thiazole rings is 1. The van der Waals surface area contributed by atoms with E-state index in [2.05, 4.69) is 84.6 Å². The van der Waals surface area contributed by atoms with Crippen molar-refractivity contribution < 1.29 is 0 Å². The molecular weight excluding hydrogens is 438 g/mol. The number of aromatic nitrogens is 3. The fraction of sp³-hybridized carbons (Fsp3) is 0.321. The first-order valence-electron chi connectivity index (χ1n) is 12.0. The van der Waals surface area contributed by atoms with Gasteiger partial charge in [-0.25, -0.2) is 15.0 Å². The van der Waals surface area contributed by atoms with E-state index in [1.807, 2.05) is 18.3 Å². The van der Waals surface area contributed by atoms with Crippen molar-refractivity contribution in [1.82, 2.24) is 19.9 Å². The van der Waals surface area contributed by atoms with Gasteiger partial charge in [0.15, 0.2) is 0 Å². The summed E-state index contributed by atoms with van der Waals surface area (Å²) in [5.41, 5.74) is 5.55. The van der Waals surface area contributed by atoms with Gasteiger partial charge in [0.25, 0.3) is 0 Å². The monoisotopic (exact) mass is 469 g/mol. The van der Waals surface area contributed by atoms with E-state index in [-0.39, 0.29) is 6.04 Å². The van der Waals surface area contributed by atoms with E-state index >= 15 is 0 Å². The topological polar surface area (TPSA) is 53.9 Å². The van der Waals surface area contributed by atoms with Crippen LogP contribution < -0.4 is 5.32 Å². The highest BCUT2D eigenvalue weighted by Gasteiger charge is 2.25. The molecular formula is C28H31N5S. The number of hydrogen-bond donors (Lipinski definition) is 1. The fourth-order valence-electron chi connectivity index (χ4n) is 4.50. The summed E-state index contributed by atoms with van der Waals surface area (Å²) in [6.45, 7) is 6.51. The van der Waals surface area contributed by atoms with Crippen molar-refractivity contribution in [2.45, 2.75) is 38.6 Å². The van der Waals surface area contributed by atoms with E-state index in [4.69, 9.17) is 9.97 Å². The van der Waals surface area contributed by atoms with E-state index in [1.54, 1.807) is 11.3 Å². The highest BCUT2D eigenvalue weighted by molar-refractivity contribution is 7.15. The Morgan fingerprint density at radius 3 is 2.56 bits per heavy atom. The summed E-state index contributed by atoms with van der Waals surface area (Å²) in [6.07, 6.45) is 4.15. The second kappa shape index (κ2) is 10.0. The lowest BCUT2D eigenvalue weighted by molar-refractivity contribution is 0.255. The Hall–Kier alpha value is -3.09. The summed E-state index contributed by atoms with van der Waals surface area (Å²) in [4.78, 5) is 18.2. The van der Waals surface area contributed by atoms with Gasteiger partial charge < -0.3 is 10.2 Å². The average molecular weight is 470 g/mol. The van der Waals surface area contributed by atoms with Crippen LogP contribution in [0.1, 0.15) is 47.9 Å². The number of hydrogen-bond acceptors (Lipinski definition) is 6. The minimum Gasteiger partial charge on any atom is -0.348 e. The zero-order valence-electron chi connectivity index (χ0n) is 20.0. The molecule has 5 rings (SSSR count). The summed E-state index contributed by atoms with van der Waals surface area (Å²) in [6, 6.07) is 21.1. The number of likely N-dealkylation sites (tertiary alicyclic amines) is 1. The molecule has 0 spiro atoms. The lowest BCUT2D eigenvalue weighted by Gasteiger charge is -2.27. The van der Waals surface area contributed by atoms with Crippen LogP contribution in [0.15, 0.2) is 66.9 Å². The molecule has 0 aliphatic carbocycles. The van der Waals surface area contributed by atoms with Crippen molar-refractivity contribution in [3.8, 4) is 21.8 Å². The second-order valence-electron chi connectivity index (χ2n) is 9.22. The molecule has 174 valence electrons. The van der Waals surface area contributed by atoms with Gasteiger partial charge in [-0.1, -0.05) is 54.1 Å². The molecule has 1 aliphatic rings. The zero-order valence-corrected chi connectivity index (χ0v) is 20.8. The highest BCUT2D eigenvalue weighted by Crippen LogP contribution is 2.41. The molecule has 1 N–H and O–H groups in total. The van der Waals surface area contributed by atoms with Gasteiger partial charge >= 0.3 is 0 Å². The van der Waals surface area contributed by atoms with Crippen LogP contribution in [0.3, 0.4) is 0 Å². The van der Waals surface area contributed by atoms with Gasteiger partial charge in [0.1, 0.15) is 0 Å². The standard InChI is InChI=1S/C28H31N5S/c1-19-8-7-11-23(18-19)25-26(34-27(32-25)22-13-16-33(3)17-14-22)24-12-15-29-28(31-24)30-20(2)21-9-5-4-6-10-21/h4-12,15,18,20,22H,13-14,16-17H2,1-3H3,(H,29,30,31)/t20-/m0/s1. The zero-order chi connectivity index (χ0) is 23.5. The van der Waals surface area contributed by atoms with E-state index in [1.165, 1.54) is 16.1 Å². The quantitative estimate of drug-likeness (QED) is 0.347. The SMILES string of the molecule is Cc1cccc(-c2nc(C3CCN(C)CC3)sc2-c2ccnc(N[C@@H](C)c3ccccc3)n2)c1. The van der Waals surface area contributed by atoms with Gasteiger partial charge in [0.2, 0.25) is 5.95 Å². The molecule has 0 radical (unpaired) electrons. The average Bonchev–Trinajstić information content (AvgIpc) is 3.31. The van der Waals surface area contributed by atoms with Crippen LogP contribution in [0.4, 0.5) is 5.95 Å². The number of benzene rings is 2. The van der Waals surface area contributed by atoms with E-state index in [0.29, 0.717) is 11.9 Å². The lowest BCUT2D eigenvalue weighted by Crippen LogP contribution is -2.29. The van der Waals surface area contributed by atoms with Crippen LogP contribution in [-0.2, 0) is 0 Å². The number of piperidine rings is 1. The Kier molecular flexibility index (Phi) is 6.70. The van der Waals surface area contributed by atoms with E-state index in [9.17, 15) is 0 Å². The molecule has 0 amide bonds. The second-order valence-corrected chi connectivity index (χ2v) is 10.2. The van der Waals surface area contributed by atoms with Crippen LogP contribution in [0.25, 0.3) is 21.8 Å². The van der Waals surface area contributed by atoms with Gasteiger partial charge in [0, 0.05) is 17.7 Å². The van der Waals surface area contributed by atoms with Crippen molar-refractivity contribution in [3.63, 3.8) is 0 Å². The highest BCUT2D eigenvalue weighted by atomic mass is 32.1. The third-order valence-electron chi connectivity index (χ3n) is 6.54. The Morgan fingerprint density at radius 1 is 1.00 bits per heavy atom. The fourth-order valence-corrected chi connectivity index (χ4v) is 5.73. The third kappa shape index (κ3) is 5.03. The minimum atomic E-state index is 0.115. The molecule has 4 aromatic rings. The smallest absolute Gasteiger partial charge is 0.223 e. The summed E-state index contributed by atoms with van der Waals surface area (Å²) in [5, 5.41) is 4.70. The Bertz CT molecular complexity index is 1240. The number of anilines is 1. The Morgan fingerprint density at radius 2 is 1.79 bits per heavy atom. The van der Waals surface area contributed by atoms with E-state index < -0.39 is 0 Å². The summed E-state index contributed by atoms with van der Waals surface area (Å²) in [5.74, 6) is 1.15. The van der Waals surface area contributed by atoms with Crippen molar-refractivity contribution >= 4 is 17.3 Å². The molecule has 3 heterocycles. The molecule has 6 heteroatoms. The van der Waals surface area contributed by atoms with Gasteiger partial charge in [-0.05, 0) is 64.5 Å². The molecule has 0 bridgehead atoms. The maximum Gasteiger partial charge on any atom is 0.223 e. The van der Waals surface area contributed by atoms with Gasteiger partial charge in [-0.2, -0.15) is 0 Å². The molecule has 1 atom stereocenters. The minimum absolute atomic E-state index is 0.115. The van der Waals surface area contributed by atoms with Gasteiger partial charge in [-0.15, -0.1) is 11.3 Å². The maximum atomic E-state index is 5.20. The molecule has 1 saturated heterocycles. The van der Waals surface area contributed by atoms with Crippen LogP contribution in [0, 0.1) is 6.92 Å². The van der Waals surface area contributed by atoms with Crippen molar-refractivity contribution in [2.75, 3.05) is 25.5 Å². The van der Waals surface area contributed by atoms with Crippen molar-refractivity contribution in [3.05, 3.63) is 83.0 Å². The first kappa shape index (κ1) is 22.7. The molecule has 1 fully saturated rings. The number of rotatable bonds is 6. The van der Waals surface area contributed by atoms with Crippen molar-refractivity contribution in [2.24, 2.45) is 0 Å². The largest absolute Gasteiger partial charge is 0.348 e. The van der Waals surface area contributed by atoms with Crippen LogP contribution >= 0.6 is 11.3 Å². The van der Waals surface area contributed by atoms with E-state index in [0.717, 1.165) is 47.8 Å². The van der Waals surface area contributed by atoms with Crippen LogP contribution in [-0.4, -0.2) is 40.0 Å². The Balaban J connectivity index is 1.50. The van der Waals surface area contributed by atoms with Crippen molar-refractivity contribution in [1.29, 1.82) is 0 Å². The first-order valence-corrected chi connectivity index (χ1v) is 12.8. The third-order valence-corrected chi connectivity index (χ3v) is 7.78. The van der Waals surface area contributed by atoms with Crippen LogP contribution in [0.5, 0.6) is 0 Å². The predicted octanol–water partition coefficient (Wildman–Crippen LogP) is 6.56. The molecule has 2 aromatic heterocycles. The maximum absolute atomic E-state index is 5.20. The molecule has 0 unspecified atom stereocenters. The Labute approximate surface area is 205 Å². The van der Waals surface area contributed by atoms with Crippen LogP contribution in [0.2, 0.25) is 0 Å². The summed E-state index contributed by atoms with van der Waals surface area (Å²) < 4.78 is 0. The first-order chi connectivity index (χ1) is 16.6. The summed E-state index contributed by atoms with van der Waals surface area (Å²) in [7, 11) is 2.20. The summed E-state index contributed by atoms with van der Waals surface area (Å²) >= 11 is 1.80. The number of nitrogens with zero attached hydrogens (tertiary/aromatic N) is 4. The predicted molar refractivity (Wildman–Crippen MR) is 141 cm³/mol. The lowest BCUT2D eigenvalue weighted by atomic mass is 9.98. The van der Waals surface area contributed by atoms with Gasteiger partial charge in [0.05, 0.1) is 27.3 Å². The molecule has 2 aromatic carbocycles. The number of aryl methyl sites for hydroxylation is 1. The molecule has 0 saturated carbocycles.